The Hall–Kier alpha value is -2.00. The number of halogens is 2. The van der Waals surface area contributed by atoms with Gasteiger partial charge >= 0.3 is 0 Å². The molecule has 7 nitrogen and oxygen atoms in total. The lowest BCUT2D eigenvalue weighted by Crippen LogP contribution is -2.09. The van der Waals surface area contributed by atoms with E-state index in [4.69, 9.17) is 5.73 Å². The Labute approximate surface area is 136 Å². The molecule has 0 saturated heterocycles. The van der Waals surface area contributed by atoms with Crippen LogP contribution in [0.3, 0.4) is 0 Å². The monoisotopic (exact) mass is 409 g/mol. The Morgan fingerprint density at radius 1 is 1.05 bits per heavy atom. The van der Waals surface area contributed by atoms with Gasteiger partial charge in [-0.2, -0.15) is 20.1 Å². The number of nitrogens with zero attached hydrogens (tertiary/aromatic N) is 5. The van der Waals surface area contributed by atoms with Gasteiger partial charge < -0.3 is 11.1 Å². The van der Waals surface area contributed by atoms with Gasteiger partial charge in [0.2, 0.25) is 11.9 Å². The molecule has 0 saturated carbocycles. The van der Waals surface area contributed by atoms with Gasteiger partial charge in [0, 0.05) is 21.3 Å². The zero-order chi connectivity index (χ0) is 14.8. The summed E-state index contributed by atoms with van der Waals surface area (Å²) < 4.78 is 3.26. The molecule has 0 amide bonds. The van der Waals surface area contributed by atoms with Crippen LogP contribution in [0.5, 0.6) is 0 Å². The average Bonchev–Trinajstić information content (AvgIpc) is 2.97. The minimum absolute atomic E-state index is 0.112. The number of nitrogen functional groups attached to an aromatic ring is 1. The second-order valence-electron chi connectivity index (χ2n) is 3.99. The van der Waals surface area contributed by atoms with Crippen LogP contribution < -0.4 is 11.1 Å². The first kappa shape index (κ1) is 14.0. The van der Waals surface area contributed by atoms with Crippen LogP contribution in [0.1, 0.15) is 0 Å². The van der Waals surface area contributed by atoms with Crippen LogP contribution in [-0.2, 0) is 0 Å². The zero-order valence-electron chi connectivity index (χ0n) is 10.5. The number of benzene rings is 1. The van der Waals surface area contributed by atoms with Gasteiger partial charge in [-0.05, 0) is 50.1 Å². The number of nitrogens with one attached hydrogen (secondary N) is 1. The van der Waals surface area contributed by atoms with Gasteiger partial charge in [0.25, 0.3) is 5.95 Å². The number of anilines is 3. The minimum Gasteiger partial charge on any atom is -0.368 e. The fourth-order valence-corrected chi connectivity index (χ4v) is 2.85. The number of aromatic nitrogens is 5. The molecule has 0 aliphatic rings. The molecule has 1 aromatic carbocycles. The molecule has 2 heterocycles. The van der Waals surface area contributed by atoms with E-state index in [9.17, 15) is 0 Å². The predicted molar refractivity (Wildman–Crippen MR) is 86.5 cm³/mol. The number of hydrogen-bond donors (Lipinski definition) is 2. The van der Waals surface area contributed by atoms with Crippen molar-refractivity contribution in [2.75, 3.05) is 11.1 Å². The number of nitrogens with two attached hydrogens (primary N) is 1. The second kappa shape index (κ2) is 5.78. The Kier molecular flexibility index (Phi) is 3.84. The summed E-state index contributed by atoms with van der Waals surface area (Å²) in [4.78, 5) is 12.4. The lowest BCUT2D eigenvalue weighted by Gasteiger charge is -2.10. The largest absolute Gasteiger partial charge is 0.368 e. The number of rotatable bonds is 3. The number of para-hydroxylation sites is 1. The van der Waals surface area contributed by atoms with Crippen LogP contribution in [-0.4, -0.2) is 24.7 Å². The van der Waals surface area contributed by atoms with E-state index in [0.717, 1.165) is 14.6 Å². The van der Waals surface area contributed by atoms with Gasteiger partial charge in [-0.15, -0.1) is 0 Å². The van der Waals surface area contributed by atoms with E-state index in [0.29, 0.717) is 11.9 Å². The van der Waals surface area contributed by atoms with Crippen molar-refractivity contribution in [2.24, 2.45) is 0 Å². The molecular weight excluding hydrogens is 402 g/mol. The first-order valence-corrected chi connectivity index (χ1v) is 7.44. The highest BCUT2D eigenvalue weighted by Gasteiger charge is 2.10. The Morgan fingerprint density at radius 3 is 2.48 bits per heavy atom. The van der Waals surface area contributed by atoms with E-state index in [2.05, 4.69) is 57.2 Å². The zero-order valence-corrected chi connectivity index (χ0v) is 13.7. The van der Waals surface area contributed by atoms with Gasteiger partial charge in [0.1, 0.15) is 0 Å². The molecule has 0 unspecified atom stereocenters. The molecule has 21 heavy (non-hydrogen) atoms. The van der Waals surface area contributed by atoms with Gasteiger partial charge in [-0.25, -0.2) is 4.68 Å². The molecule has 9 heteroatoms. The van der Waals surface area contributed by atoms with Crippen LogP contribution in [0.2, 0.25) is 0 Å². The molecule has 3 N–H and O–H groups in total. The van der Waals surface area contributed by atoms with Crippen LogP contribution in [0.25, 0.3) is 5.95 Å². The van der Waals surface area contributed by atoms with E-state index in [1.165, 1.54) is 4.68 Å². The molecule has 0 bridgehead atoms. The highest BCUT2D eigenvalue weighted by molar-refractivity contribution is 9.11. The molecule has 0 aliphatic carbocycles. The van der Waals surface area contributed by atoms with Gasteiger partial charge in [-0.1, -0.05) is 6.07 Å². The molecule has 0 atom stereocenters. The van der Waals surface area contributed by atoms with Crippen LogP contribution in [0.4, 0.5) is 17.6 Å². The smallest absolute Gasteiger partial charge is 0.257 e. The molecule has 3 rings (SSSR count). The van der Waals surface area contributed by atoms with E-state index in [1.807, 2.05) is 18.2 Å². The Bertz CT molecular complexity index is 753. The first-order chi connectivity index (χ1) is 10.1. The van der Waals surface area contributed by atoms with Crippen molar-refractivity contribution in [1.29, 1.82) is 0 Å². The fourth-order valence-electron chi connectivity index (χ4n) is 1.66. The Balaban J connectivity index is 2.00. The van der Waals surface area contributed by atoms with Crippen LogP contribution in [0.15, 0.2) is 45.6 Å². The topological polar surface area (TPSA) is 94.5 Å². The van der Waals surface area contributed by atoms with Gasteiger partial charge in [-0.3, -0.25) is 0 Å². The van der Waals surface area contributed by atoms with E-state index < -0.39 is 0 Å². The maximum absolute atomic E-state index is 5.73. The third kappa shape index (κ3) is 3.03. The summed E-state index contributed by atoms with van der Waals surface area (Å²) in [7, 11) is 0. The summed E-state index contributed by atoms with van der Waals surface area (Å²) in [6, 6.07) is 7.51. The molecule has 0 aliphatic heterocycles. The Morgan fingerprint density at radius 2 is 1.81 bits per heavy atom. The molecule has 0 fully saturated rings. The quantitative estimate of drug-likeness (QED) is 0.689. The highest BCUT2D eigenvalue weighted by atomic mass is 79.9. The minimum atomic E-state index is 0.112. The summed E-state index contributed by atoms with van der Waals surface area (Å²) in [5.74, 6) is 0.792. The van der Waals surface area contributed by atoms with Crippen LogP contribution >= 0.6 is 31.9 Å². The second-order valence-corrected chi connectivity index (χ2v) is 5.70. The maximum atomic E-state index is 5.73. The van der Waals surface area contributed by atoms with Crippen molar-refractivity contribution in [1.82, 2.24) is 24.7 Å². The van der Waals surface area contributed by atoms with Crippen LogP contribution in [0, 0.1) is 0 Å². The van der Waals surface area contributed by atoms with E-state index in [-0.39, 0.29) is 5.95 Å². The third-order valence-electron chi connectivity index (χ3n) is 2.55. The maximum Gasteiger partial charge on any atom is 0.257 e. The van der Waals surface area contributed by atoms with Gasteiger partial charge in [0.15, 0.2) is 0 Å². The van der Waals surface area contributed by atoms with Gasteiger partial charge in [0.05, 0.1) is 5.69 Å². The molecule has 2 aromatic heterocycles. The van der Waals surface area contributed by atoms with Crippen molar-refractivity contribution in [2.45, 2.75) is 0 Å². The molecule has 3 aromatic rings. The van der Waals surface area contributed by atoms with E-state index in [1.54, 1.807) is 18.5 Å². The average molecular weight is 411 g/mol. The van der Waals surface area contributed by atoms with Crippen molar-refractivity contribution in [3.8, 4) is 5.95 Å². The van der Waals surface area contributed by atoms with Crippen molar-refractivity contribution in [3.05, 3.63) is 45.6 Å². The standard InChI is InChI=1S/C12H9Br2N7/c13-7-3-1-4-8(14)9(7)17-11-18-10(15)19-12(20-11)21-6-2-5-16-21/h1-6H,(H3,15,17,18,19,20). The highest BCUT2D eigenvalue weighted by Crippen LogP contribution is 2.32. The lowest BCUT2D eigenvalue weighted by atomic mass is 10.3. The molecule has 106 valence electrons. The fraction of sp³-hybridized carbons (Fsp3) is 0. The molecule has 0 spiro atoms. The van der Waals surface area contributed by atoms with Crippen molar-refractivity contribution in [3.63, 3.8) is 0 Å². The summed E-state index contributed by atoms with van der Waals surface area (Å²) in [5.41, 5.74) is 6.53. The molecular formula is C12H9Br2N7. The number of hydrogen-bond acceptors (Lipinski definition) is 6. The predicted octanol–water partition coefficient (Wildman–Crippen LogP) is 2.91. The summed E-state index contributed by atoms with van der Waals surface area (Å²) in [6.07, 6.45) is 3.37. The summed E-state index contributed by atoms with van der Waals surface area (Å²) >= 11 is 6.94. The van der Waals surface area contributed by atoms with E-state index >= 15 is 0 Å². The summed E-state index contributed by atoms with van der Waals surface area (Å²) in [5, 5.41) is 7.18. The summed E-state index contributed by atoms with van der Waals surface area (Å²) in [6.45, 7) is 0. The lowest BCUT2D eigenvalue weighted by molar-refractivity contribution is 0.801. The first-order valence-electron chi connectivity index (χ1n) is 5.86. The van der Waals surface area contributed by atoms with Crippen molar-refractivity contribution < 1.29 is 0 Å². The third-order valence-corrected chi connectivity index (χ3v) is 3.87. The normalized spacial score (nSPS) is 10.6. The SMILES string of the molecule is Nc1nc(Nc2c(Br)cccc2Br)nc(-n2cccn2)n1. The van der Waals surface area contributed by atoms with Crippen molar-refractivity contribution >= 4 is 49.4 Å². The molecule has 0 radical (unpaired) electrons.